The predicted octanol–water partition coefficient (Wildman–Crippen LogP) is 2.85. The lowest BCUT2D eigenvalue weighted by molar-refractivity contribution is 0.553. The van der Waals surface area contributed by atoms with Gasteiger partial charge in [0.05, 0.1) is 16.6 Å². The SMILES string of the molecule is CCCc1nnsc1C(Cc1cc(C)cc(C)c1)NN. The maximum atomic E-state index is 5.75. The van der Waals surface area contributed by atoms with Crippen molar-refractivity contribution in [1.29, 1.82) is 0 Å². The highest BCUT2D eigenvalue weighted by Gasteiger charge is 2.18. The number of aryl methyl sites for hydroxylation is 3. The smallest absolute Gasteiger partial charge is 0.0804 e. The number of hydrogen-bond acceptors (Lipinski definition) is 5. The number of aromatic nitrogens is 2. The Morgan fingerprint density at radius 1 is 1.25 bits per heavy atom. The Hall–Kier alpha value is -1.30. The van der Waals surface area contributed by atoms with E-state index in [-0.39, 0.29) is 6.04 Å². The van der Waals surface area contributed by atoms with Crippen LogP contribution in [0.5, 0.6) is 0 Å². The molecule has 0 fully saturated rings. The fourth-order valence-corrected chi connectivity index (χ4v) is 3.29. The normalized spacial score (nSPS) is 12.6. The van der Waals surface area contributed by atoms with Crippen LogP contribution in [0.25, 0.3) is 0 Å². The zero-order chi connectivity index (χ0) is 14.5. The van der Waals surface area contributed by atoms with Crippen LogP contribution in [0, 0.1) is 13.8 Å². The van der Waals surface area contributed by atoms with E-state index in [0.717, 1.165) is 29.8 Å². The van der Waals surface area contributed by atoms with Gasteiger partial charge in [-0.1, -0.05) is 47.2 Å². The molecule has 3 N–H and O–H groups in total. The Labute approximate surface area is 124 Å². The molecular formula is C15H22N4S. The topological polar surface area (TPSA) is 63.8 Å². The van der Waals surface area contributed by atoms with Crippen molar-refractivity contribution in [2.24, 2.45) is 5.84 Å². The predicted molar refractivity (Wildman–Crippen MR) is 83.6 cm³/mol. The van der Waals surface area contributed by atoms with Crippen LogP contribution >= 0.6 is 11.5 Å². The molecule has 1 unspecified atom stereocenters. The van der Waals surface area contributed by atoms with E-state index in [1.807, 2.05) is 0 Å². The molecule has 0 aliphatic heterocycles. The first kappa shape index (κ1) is 15.1. The summed E-state index contributed by atoms with van der Waals surface area (Å²) >= 11 is 1.45. The summed E-state index contributed by atoms with van der Waals surface area (Å²) in [5, 5.41) is 4.22. The minimum absolute atomic E-state index is 0.0813. The van der Waals surface area contributed by atoms with E-state index in [2.05, 4.69) is 54.0 Å². The highest BCUT2D eigenvalue weighted by molar-refractivity contribution is 7.05. The Morgan fingerprint density at radius 3 is 2.55 bits per heavy atom. The van der Waals surface area contributed by atoms with Gasteiger partial charge >= 0.3 is 0 Å². The van der Waals surface area contributed by atoms with Gasteiger partial charge in [0.25, 0.3) is 0 Å². The summed E-state index contributed by atoms with van der Waals surface area (Å²) in [6.07, 6.45) is 2.88. The first-order chi connectivity index (χ1) is 9.63. The van der Waals surface area contributed by atoms with Crippen LogP contribution in [-0.2, 0) is 12.8 Å². The molecule has 1 aromatic heterocycles. The molecule has 0 saturated heterocycles. The molecule has 0 saturated carbocycles. The summed E-state index contributed by atoms with van der Waals surface area (Å²) in [7, 11) is 0. The fraction of sp³-hybridized carbons (Fsp3) is 0.467. The van der Waals surface area contributed by atoms with Gasteiger partial charge in [-0.3, -0.25) is 11.3 Å². The summed E-state index contributed by atoms with van der Waals surface area (Å²) in [5.41, 5.74) is 7.86. The van der Waals surface area contributed by atoms with Gasteiger partial charge in [-0.05, 0) is 43.8 Å². The first-order valence-corrected chi connectivity index (χ1v) is 7.75. The van der Waals surface area contributed by atoms with Gasteiger partial charge in [0.1, 0.15) is 0 Å². The van der Waals surface area contributed by atoms with Crippen LogP contribution in [-0.4, -0.2) is 9.59 Å². The largest absolute Gasteiger partial charge is 0.271 e. The molecule has 0 bridgehead atoms. The van der Waals surface area contributed by atoms with Crippen molar-refractivity contribution in [2.45, 2.75) is 46.1 Å². The van der Waals surface area contributed by atoms with Crippen molar-refractivity contribution in [3.8, 4) is 0 Å². The van der Waals surface area contributed by atoms with Gasteiger partial charge in [0, 0.05) is 0 Å². The maximum Gasteiger partial charge on any atom is 0.0804 e. The van der Waals surface area contributed by atoms with Crippen molar-refractivity contribution in [3.63, 3.8) is 0 Å². The maximum absolute atomic E-state index is 5.75. The van der Waals surface area contributed by atoms with Crippen LogP contribution in [0.1, 0.15) is 46.6 Å². The summed E-state index contributed by atoms with van der Waals surface area (Å²) in [4.78, 5) is 1.16. The summed E-state index contributed by atoms with van der Waals surface area (Å²) < 4.78 is 4.08. The molecule has 2 aromatic rings. The number of nitrogens with zero attached hydrogens (tertiary/aromatic N) is 2. The number of benzene rings is 1. The second-order valence-corrected chi connectivity index (χ2v) is 6.04. The van der Waals surface area contributed by atoms with E-state index >= 15 is 0 Å². The van der Waals surface area contributed by atoms with Crippen molar-refractivity contribution < 1.29 is 0 Å². The van der Waals surface area contributed by atoms with Crippen LogP contribution in [0.15, 0.2) is 18.2 Å². The molecule has 1 atom stereocenters. The van der Waals surface area contributed by atoms with Crippen molar-refractivity contribution in [3.05, 3.63) is 45.5 Å². The lowest BCUT2D eigenvalue weighted by Crippen LogP contribution is -2.29. The van der Waals surface area contributed by atoms with Crippen LogP contribution in [0.3, 0.4) is 0 Å². The lowest BCUT2D eigenvalue weighted by Gasteiger charge is -2.16. The molecule has 0 radical (unpaired) electrons. The third-order valence-corrected chi connectivity index (χ3v) is 4.19. The van der Waals surface area contributed by atoms with E-state index in [0.29, 0.717) is 0 Å². The average molecular weight is 290 g/mol. The zero-order valence-corrected chi connectivity index (χ0v) is 13.1. The minimum atomic E-state index is 0.0813. The molecule has 0 aliphatic carbocycles. The van der Waals surface area contributed by atoms with Gasteiger partial charge in [0.2, 0.25) is 0 Å². The molecule has 1 aromatic carbocycles. The Morgan fingerprint density at radius 2 is 1.95 bits per heavy atom. The van der Waals surface area contributed by atoms with Crippen LogP contribution < -0.4 is 11.3 Å². The Kier molecular flexibility index (Phi) is 5.23. The number of hydrazine groups is 1. The Balaban J connectivity index is 2.21. The standard InChI is InChI=1S/C15H22N4S/c1-4-5-13-15(20-19-18-13)14(17-16)9-12-7-10(2)6-11(3)8-12/h6-8,14,17H,4-5,9,16H2,1-3H3. The van der Waals surface area contributed by atoms with Crippen molar-refractivity contribution in [2.75, 3.05) is 0 Å². The van der Waals surface area contributed by atoms with Crippen molar-refractivity contribution in [1.82, 2.24) is 15.0 Å². The highest BCUT2D eigenvalue weighted by atomic mass is 32.1. The number of rotatable bonds is 6. The van der Waals surface area contributed by atoms with Crippen LogP contribution in [0.2, 0.25) is 0 Å². The molecule has 0 amide bonds. The van der Waals surface area contributed by atoms with E-state index in [9.17, 15) is 0 Å². The molecule has 20 heavy (non-hydrogen) atoms. The van der Waals surface area contributed by atoms with Crippen LogP contribution in [0.4, 0.5) is 0 Å². The second kappa shape index (κ2) is 6.92. The van der Waals surface area contributed by atoms with E-state index in [4.69, 9.17) is 5.84 Å². The molecule has 4 nitrogen and oxygen atoms in total. The molecule has 108 valence electrons. The third-order valence-electron chi connectivity index (χ3n) is 3.31. The van der Waals surface area contributed by atoms with Gasteiger partial charge in [0.15, 0.2) is 0 Å². The number of nitrogens with two attached hydrogens (primary N) is 1. The quantitative estimate of drug-likeness (QED) is 0.634. The molecule has 2 rings (SSSR count). The summed E-state index contributed by atoms with van der Waals surface area (Å²) in [5.74, 6) is 5.75. The summed E-state index contributed by atoms with van der Waals surface area (Å²) in [6, 6.07) is 6.69. The lowest BCUT2D eigenvalue weighted by atomic mass is 9.99. The highest BCUT2D eigenvalue weighted by Crippen LogP contribution is 2.25. The molecule has 0 aliphatic rings. The van der Waals surface area contributed by atoms with Crippen molar-refractivity contribution >= 4 is 11.5 Å². The molecular weight excluding hydrogens is 268 g/mol. The zero-order valence-electron chi connectivity index (χ0n) is 12.3. The van der Waals surface area contributed by atoms with Gasteiger partial charge in [-0.15, -0.1) is 5.10 Å². The van der Waals surface area contributed by atoms with Gasteiger partial charge in [-0.25, -0.2) is 0 Å². The fourth-order valence-electron chi connectivity index (χ4n) is 2.54. The van der Waals surface area contributed by atoms with Gasteiger partial charge in [-0.2, -0.15) is 0 Å². The number of hydrogen-bond donors (Lipinski definition) is 2. The minimum Gasteiger partial charge on any atom is -0.271 e. The molecule has 5 heteroatoms. The number of nitrogens with one attached hydrogen (secondary N) is 1. The Bertz CT molecular complexity index is 545. The average Bonchev–Trinajstić information content (AvgIpc) is 2.83. The van der Waals surface area contributed by atoms with E-state index < -0.39 is 0 Å². The molecule has 1 heterocycles. The second-order valence-electron chi connectivity index (χ2n) is 5.25. The van der Waals surface area contributed by atoms with E-state index in [1.165, 1.54) is 28.2 Å². The molecule has 0 spiro atoms. The first-order valence-electron chi connectivity index (χ1n) is 6.98. The van der Waals surface area contributed by atoms with Gasteiger partial charge < -0.3 is 0 Å². The summed E-state index contributed by atoms with van der Waals surface area (Å²) in [6.45, 7) is 6.40. The third kappa shape index (κ3) is 3.62. The monoisotopic (exact) mass is 290 g/mol. The van der Waals surface area contributed by atoms with E-state index in [1.54, 1.807) is 0 Å².